The van der Waals surface area contributed by atoms with Crippen molar-refractivity contribution in [3.63, 3.8) is 0 Å². The minimum atomic E-state index is -0.221. The monoisotopic (exact) mass is 450 g/mol. The molecule has 0 bridgehead atoms. The van der Waals surface area contributed by atoms with E-state index < -0.39 is 0 Å². The fourth-order valence-corrected chi connectivity index (χ4v) is 5.32. The molecule has 2 aliphatic rings. The van der Waals surface area contributed by atoms with Gasteiger partial charge in [0, 0.05) is 22.7 Å². The lowest BCUT2D eigenvalue weighted by atomic mass is 9.78. The Bertz CT molecular complexity index is 1400. The summed E-state index contributed by atoms with van der Waals surface area (Å²) in [5.74, 6) is 0.307. The molecule has 2 N–H and O–H groups in total. The van der Waals surface area contributed by atoms with Gasteiger partial charge >= 0.3 is 0 Å². The van der Waals surface area contributed by atoms with Crippen molar-refractivity contribution in [1.82, 2.24) is 0 Å². The molecule has 4 heteroatoms. The Kier molecular flexibility index (Phi) is 4.92. The van der Waals surface area contributed by atoms with E-state index in [-0.39, 0.29) is 17.7 Å². The summed E-state index contributed by atoms with van der Waals surface area (Å²) in [6.45, 7) is 0. The highest BCUT2D eigenvalue weighted by molar-refractivity contribution is 6.30. The van der Waals surface area contributed by atoms with Crippen LogP contribution in [0.15, 0.2) is 102 Å². The molecule has 1 aliphatic heterocycles. The van der Waals surface area contributed by atoms with Crippen LogP contribution in [0.2, 0.25) is 5.02 Å². The molecule has 4 aromatic carbocycles. The van der Waals surface area contributed by atoms with Gasteiger partial charge in [0.25, 0.3) is 0 Å². The van der Waals surface area contributed by atoms with E-state index in [0.29, 0.717) is 11.4 Å². The normalized spacial score (nSPS) is 19.8. The first-order valence-electron chi connectivity index (χ1n) is 11.3. The van der Waals surface area contributed by atoms with Gasteiger partial charge in [-0.25, -0.2) is 0 Å². The number of anilines is 2. The molecule has 0 saturated heterocycles. The van der Waals surface area contributed by atoms with Crippen molar-refractivity contribution in [2.24, 2.45) is 0 Å². The van der Waals surface area contributed by atoms with Gasteiger partial charge < -0.3 is 10.6 Å². The van der Waals surface area contributed by atoms with E-state index in [2.05, 4.69) is 65.2 Å². The third-order valence-electron chi connectivity index (χ3n) is 6.78. The Hall–Kier alpha value is -3.56. The number of fused-ring (bicyclic) bond motifs is 2. The van der Waals surface area contributed by atoms with Gasteiger partial charge in [-0.15, -0.1) is 0 Å². The van der Waals surface area contributed by atoms with E-state index >= 15 is 0 Å². The number of carbonyl (C=O) groups is 1. The molecule has 3 nitrogen and oxygen atoms in total. The second kappa shape index (κ2) is 8.09. The maximum atomic E-state index is 13.7. The quantitative estimate of drug-likeness (QED) is 0.332. The lowest BCUT2D eigenvalue weighted by Crippen LogP contribution is -2.27. The van der Waals surface area contributed by atoms with Crippen LogP contribution in [0.3, 0.4) is 0 Å². The molecule has 2 unspecified atom stereocenters. The van der Waals surface area contributed by atoms with E-state index in [4.69, 9.17) is 11.6 Å². The van der Waals surface area contributed by atoms with Gasteiger partial charge in [0.15, 0.2) is 5.78 Å². The zero-order valence-electron chi connectivity index (χ0n) is 18.0. The average Bonchev–Trinajstić information content (AvgIpc) is 3.01. The SMILES string of the molecule is O=C1CC(c2ccc(Cl)cc2)CC2=C1C(c1cccc3ccccc13)Nc1ccccc1N2. The average molecular weight is 451 g/mol. The largest absolute Gasteiger partial charge is 0.372 e. The summed E-state index contributed by atoms with van der Waals surface area (Å²) in [6.07, 6.45) is 1.27. The van der Waals surface area contributed by atoms with E-state index in [9.17, 15) is 4.79 Å². The Balaban J connectivity index is 1.51. The molecular formula is C29H23ClN2O. The highest BCUT2D eigenvalue weighted by Crippen LogP contribution is 2.45. The van der Waals surface area contributed by atoms with Crippen molar-refractivity contribution < 1.29 is 4.79 Å². The summed E-state index contributed by atoms with van der Waals surface area (Å²) < 4.78 is 0. The predicted octanol–water partition coefficient (Wildman–Crippen LogP) is 7.47. The van der Waals surface area contributed by atoms with Crippen LogP contribution >= 0.6 is 11.6 Å². The van der Waals surface area contributed by atoms with Crippen LogP contribution in [0.1, 0.15) is 35.9 Å². The van der Waals surface area contributed by atoms with Gasteiger partial charge in [0.1, 0.15) is 0 Å². The number of hydrogen-bond acceptors (Lipinski definition) is 3. The van der Waals surface area contributed by atoms with Crippen molar-refractivity contribution in [2.45, 2.75) is 24.8 Å². The number of Topliss-reactive ketones (excluding diaryl/α,β-unsaturated/α-hetero) is 1. The van der Waals surface area contributed by atoms with Gasteiger partial charge in [-0.05, 0) is 58.5 Å². The standard InChI is InChI=1S/C29H23ClN2O/c30-21-14-12-18(13-15-21)20-16-26-28(27(33)17-20)29(32-25-11-4-3-10-24(25)31-26)23-9-5-7-19-6-1-2-8-22(19)23/h1-15,20,29,31-32H,16-17H2. The Morgan fingerprint density at radius 1 is 0.758 bits per heavy atom. The predicted molar refractivity (Wildman–Crippen MR) is 136 cm³/mol. The molecule has 2 atom stereocenters. The summed E-state index contributed by atoms with van der Waals surface area (Å²) in [5.41, 5.74) is 6.11. The number of allylic oxidation sites excluding steroid dienone is 1. The Morgan fingerprint density at radius 3 is 2.33 bits per heavy atom. The second-order valence-corrected chi connectivity index (χ2v) is 9.22. The first kappa shape index (κ1) is 20.1. The van der Waals surface area contributed by atoms with E-state index in [1.54, 1.807) is 0 Å². The third kappa shape index (κ3) is 3.59. The maximum Gasteiger partial charge on any atom is 0.163 e. The molecule has 0 saturated carbocycles. The number of benzene rings is 4. The van der Waals surface area contributed by atoms with Gasteiger partial charge in [0.05, 0.1) is 17.4 Å². The molecule has 0 aromatic heterocycles. The molecule has 33 heavy (non-hydrogen) atoms. The minimum absolute atomic E-state index is 0.124. The summed E-state index contributed by atoms with van der Waals surface area (Å²) in [7, 11) is 0. The Morgan fingerprint density at radius 2 is 1.48 bits per heavy atom. The van der Waals surface area contributed by atoms with E-state index in [1.165, 1.54) is 5.39 Å². The molecule has 1 aliphatic carbocycles. The first-order chi connectivity index (χ1) is 16.2. The fraction of sp³-hybridized carbons (Fsp3) is 0.138. The number of rotatable bonds is 2. The van der Waals surface area contributed by atoms with Gasteiger partial charge in [-0.1, -0.05) is 78.3 Å². The van der Waals surface area contributed by atoms with Crippen LogP contribution in [0.5, 0.6) is 0 Å². The van der Waals surface area contributed by atoms with Crippen molar-refractivity contribution in [1.29, 1.82) is 0 Å². The number of ketones is 1. The van der Waals surface area contributed by atoms with Crippen molar-refractivity contribution in [2.75, 3.05) is 10.6 Å². The van der Waals surface area contributed by atoms with Crippen molar-refractivity contribution in [3.05, 3.63) is 118 Å². The first-order valence-corrected chi connectivity index (χ1v) is 11.7. The minimum Gasteiger partial charge on any atom is -0.372 e. The molecule has 0 fully saturated rings. The summed E-state index contributed by atoms with van der Waals surface area (Å²) in [4.78, 5) is 13.7. The van der Waals surface area contributed by atoms with Crippen LogP contribution in [0, 0.1) is 0 Å². The number of carbonyl (C=O) groups excluding carboxylic acids is 1. The zero-order valence-corrected chi connectivity index (χ0v) is 18.8. The summed E-state index contributed by atoms with van der Waals surface area (Å²) in [5, 5.41) is 10.4. The maximum absolute atomic E-state index is 13.7. The highest BCUT2D eigenvalue weighted by Gasteiger charge is 2.36. The van der Waals surface area contributed by atoms with Crippen LogP contribution in [0.25, 0.3) is 10.8 Å². The van der Waals surface area contributed by atoms with Crippen molar-refractivity contribution >= 4 is 39.5 Å². The molecule has 0 amide bonds. The molecular weight excluding hydrogens is 428 g/mol. The number of halogens is 1. The second-order valence-electron chi connectivity index (χ2n) is 8.79. The summed E-state index contributed by atoms with van der Waals surface area (Å²) >= 11 is 6.11. The van der Waals surface area contributed by atoms with Crippen LogP contribution in [-0.2, 0) is 4.79 Å². The van der Waals surface area contributed by atoms with Gasteiger partial charge in [-0.2, -0.15) is 0 Å². The highest BCUT2D eigenvalue weighted by atomic mass is 35.5. The van der Waals surface area contributed by atoms with Crippen LogP contribution < -0.4 is 10.6 Å². The van der Waals surface area contributed by atoms with E-state index in [1.807, 2.05) is 36.4 Å². The zero-order chi connectivity index (χ0) is 22.4. The molecule has 162 valence electrons. The lowest BCUT2D eigenvalue weighted by molar-refractivity contribution is -0.116. The molecule has 4 aromatic rings. The fourth-order valence-electron chi connectivity index (χ4n) is 5.20. The number of nitrogens with one attached hydrogen (secondary N) is 2. The Labute approximate surface area is 198 Å². The van der Waals surface area contributed by atoms with Crippen LogP contribution in [0.4, 0.5) is 11.4 Å². The topological polar surface area (TPSA) is 41.1 Å². The number of hydrogen-bond donors (Lipinski definition) is 2. The third-order valence-corrected chi connectivity index (χ3v) is 7.04. The van der Waals surface area contributed by atoms with Gasteiger partial charge in [0.2, 0.25) is 0 Å². The van der Waals surface area contributed by atoms with Crippen LogP contribution in [-0.4, -0.2) is 5.78 Å². The molecule has 0 radical (unpaired) electrons. The molecule has 6 rings (SSSR count). The lowest BCUT2D eigenvalue weighted by Gasteiger charge is -2.30. The molecule has 1 heterocycles. The van der Waals surface area contributed by atoms with Crippen molar-refractivity contribution in [3.8, 4) is 0 Å². The van der Waals surface area contributed by atoms with Gasteiger partial charge in [-0.3, -0.25) is 4.79 Å². The number of para-hydroxylation sites is 2. The summed E-state index contributed by atoms with van der Waals surface area (Å²) in [6, 6.07) is 30.5. The molecule has 0 spiro atoms. The van der Waals surface area contributed by atoms with E-state index in [0.717, 1.165) is 45.6 Å². The smallest absolute Gasteiger partial charge is 0.163 e.